The lowest BCUT2D eigenvalue weighted by Gasteiger charge is -1.96. The van der Waals surface area contributed by atoms with E-state index in [0.29, 0.717) is 0 Å². The van der Waals surface area contributed by atoms with Gasteiger partial charge in [0.15, 0.2) is 20.4 Å². The predicted molar refractivity (Wildman–Crippen MR) is 57.5 cm³/mol. The molecule has 10 heteroatoms. The highest BCUT2D eigenvalue weighted by molar-refractivity contribution is 7.93. The van der Waals surface area contributed by atoms with Crippen LogP contribution in [0.5, 0.6) is 0 Å². The summed E-state index contributed by atoms with van der Waals surface area (Å²) in [4.78, 5) is 3.30. The van der Waals surface area contributed by atoms with Crippen molar-refractivity contribution in [2.24, 2.45) is 5.14 Å². The fourth-order valence-electron chi connectivity index (χ4n) is 1.36. The number of sulfonamides is 1. The zero-order valence-corrected chi connectivity index (χ0v) is 10.2. The molecule has 8 nitrogen and oxygen atoms in total. The molecule has 2 N–H and O–H groups in total. The van der Waals surface area contributed by atoms with Crippen LogP contribution in [0.15, 0.2) is 28.4 Å². The SMILES string of the molecule is CS(=O)(=O)c1c(S(N)(=O)=O)nn2cccnc12. The fraction of sp³-hybridized carbons (Fsp3) is 0.143. The minimum Gasteiger partial charge on any atom is -0.236 e. The van der Waals surface area contributed by atoms with Crippen LogP contribution < -0.4 is 5.14 Å². The van der Waals surface area contributed by atoms with E-state index in [2.05, 4.69) is 10.1 Å². The Hall–Kier alpha value is -1.52. The van der Waals surface area contributed by atoms with Gasteiger partial charge in [0, 0.05) is 18.6 Å². The number of primary sulfonamides is 1. The van der Waals surface area contributed by atoms with Crippen LogP contribution >= 0.6 is 0 Å². The molecule has 0 aliphatic rings. The Balaban J connectivity index is 3.05. The molecule has 2 aromatic rings. The minimum absolute atomic E-state index is 0.0703. The van der Waals surface area contributed by atoms with Crippen molar-refractivity contribution in [1.82, 2.24) is 14.6 Å². The Labute approximate surface area is 97.0 Å². The Kier molecular flexibility index (Phi) is 2.45. The number of sulfone groups is 1. The van der Waals surface area contributed by atoms with Crippen LogP contribution in [-0.4, -0.2) is 37.7 Å². The molecule has 0 aromatic carbocycles. The Morgan fingerprint density at radius 2 is 1.94 bits per heavy atom. The lowest BCUT2D eigenvalue weighted by atomic mass is 10.6. The maximum atomic E-state index is 11.6. The zero-order chi connectivity index (χ0) is 12.8. The van der Waals surface area contributed by atoms with Crippen molar-refractivity contribution in [3.05, 3.63) is 18.5 Å². The van der Waals surface area contributed by atoms with Gasteiger partial charge in [-0.15, -0.1) is 0 Å². The Morgan fingerprint density at radius 1 is 1.29 bits per heavy atom. The molecule has 0 aliphatic carbocycles. The van der Waals surface area contributed by atoms with Crippen LogP contribution in [0.3, 0.4) is 0 Å². The molecule has 0 saturated heterocycles. The van der Waals surface area contributed by atoms with Gasteiger partial charge < -0.3 is 0 Å². The molecule has 0 amide bonds. The molecular weight excluding hydrogens is 268 g/mol. The molecule has 0 spiro atoms. The average molecular weight is 276 g/mol. The van der Waals surface area contributed by atoms with Crippen LogP contribution in [0.4, 0.5) is 0 Å². The van der Waals surface area contributed by atoms with Gasteiger partial charge in [0.2, 0.25) is 5.03 Å². The van der Waals surface area contributed by atoms with Crippen molar-refractivity contribution in [3.8, 4) is 0 Å². The van der Waals surface area contributed by atoms with Crippen molar-refractivity contribution in [3.63, 3.8) is 0 Å². The molecule has 0 atom stereocenters. The first-order chi connectivity index (χ1) is 7.71. The molecular formula is C7H8N4O4S2. The highest BCUT2D eigenvalue weighted by atomic mass is 32.2. The van der Waals surface area contributed by atoms with Crippen molar-refractivity contribution in [2.45, 2.75) is 9.92 Å². The molecule has 2 heterocycles. The third kappa shape index (κ3) is 2.01. The van der Waals surface area contributed by atoms with Gasteiger partial charge in [0.1, 0.15) is 0 Å². The molecule has 2 rings (SSSR count). The fourth-order valence-corrected chi connectivity index (χ4v) is 3.55. The monoisotopic (exact) mass is 276 g/mol. The molecule has 0 unspecified atom stereocenters. The lowest BCUT2D eigenvalue weighted by molar-refractivity contribution is 0.582. The summed E-state index contributed by atoms with van der Waals surface area (Å²) < 4.78 is 46.7. The third-order valence-electron chi connectivity index (χ3n) is 1.96. The van der Waals surface area contributed by atoms with E-state index in [1.807, 2.05) is 0 Å². The number of hydrogen-bond donors (Lipinski definition) is 1. The first kappa shape index (κ1) is 12.0. The van der Waals surface area contributed by atoms with E-state index in [1.165, 1.54) is 18.5 Å². The summed E-state index contributed by atoms with van der Waals surface area (Å²) >= 11 is 0. The number of nitrogens with two attached hydrogens (primary N) is 1. The van der Waals surface area contributed by atoms with Gasteiger partial charge in [-0.1, -0.05) is 0 Å². The number of rotatable bonds is 2. The van der Waals surface area contributed by atoms with E-state index < -0.39 is 29.8 Å². The van der Waals surface area contributed by atoms with Gasteiger partial charge in [-0.2, -0.15) is 5.10 Å². The van der Waals surface area contributed by atoms with Crippen LogP contribution in [0.25, 0.3) is 5.65 Å². The maximum Gasteiger partial charge on any atom is 0.258 e. The first-order valence-electron chi connectivity index (χ1n) is 4.27. The van der Waals surface area contributed by atoms with E-state index in [-0.39, 0.29) is 5.65 Å². The lowest BCUT2D eigenvalue weighted by Crippen LogP contribution is -2.16. The topological polar surface area (TPSA) is 124 Å². The van der Waals surface area contributed by atoms with Crippen molar-refractivity contribution in [2.75, 3.05) is 6.26 Å². The Morgan fingerprint density at radius 3 is 2.47 bits per heavy atom. The second-order valence-corrected chi connectivity index (χ2v) is 6.77. The van der Waals surface area contributed by atoms with Crippen molar-refractivity contribution < 1.29 is 16.8 Å². The summed E-state index contributed by atoms with van der Waals surface area (Å²) in [5, 5.41) is 7.84. The number of aromatic nitrogens is 3. The molecule has 17 heavy (non-hydrogen) atoms. The summed E-state index contributed by atoms with van der Waals surface area (Å²) in [6.07, 6.45) is 3.58. The van der Waals surface area contributed by atoms with Crippen LogP contribution in [0.1, 0.15) is 0 Å². The average Bonchev–Trinajstić information content (AvgIpc) is 2.54. The standard InChI is InChI=1S/C7H8N4O4S2/c1-16(12,13)5-6-9-3-2-4-11(6)10-7(5)17(8,14)15/h2-4H,1H3,(H2,8,14,15). The summed E-state index contributed by atoms with van der Waals surface area (Å²) in [6.45, 7) is 0. The predicted octanol–water partition coefficient (Wildman–Crippen LogP) is -1.22. The zero-order valence-electron chi connectivity index (χ0n) is 8.60. The largest absolute Gasteiger partial charge is 0.258 e. The molecule has 92 valence electrons. The summed E-state index contributed by atoms with van der Waals surface area (Å²) in [7, 11) is -8.03. The number of nitrogens with zero attached hydrogens (tertiary/aromatic N) is 3. The second-order valence-electron chi connectivity index (χ2n) is 3.34. The molecule has 0 bridgehead atoms. The quantitative estimate of drug-likeness (QED) is 0.733. The van der Waals surface area contributed by atoms with Crippen molar-refractivity contribution >= 4 is 25.5 Å². The van der Waals surface area contributed by atoms with Gasteiger partial charge in [0.05, 0.1) is 0 Å². The summed E-state index contributed by atoms with van der Waals surface area (Å²) in [5.74, 6) is 0. The summed E-state index contributed by atoms with van der Waals surface area (Å²) in [5.41, 5.74) is -0.0703. The molecule has 0 aliphatic heterocycles. The van der Waals surface area contributed by atoms with Gasteiger partial charge in [-0.25, -0.2) is 31.5 Å². The van der Waals surface area contributed by atoms with Crippen LogP contribution in [0.2, 0.25) is 0 Å². The normalized spacial score (nSPS) is 13.1. The van der Waals surface area contributed by atoms with Gasteiger partial charge in [-0.3, -0.25) is 0 Å². The summed E-state index contributed by atoms with van der Waals surface area (Å²) in [6, 6.07) is 1.49. The van der Waals surface area contributed by atoms with Crippen LogP contribution in [0, 0.1) is 0 Å². The third-order valence-corrected chi connectivity index (χ3v) is 4.03. The van der Waals surface area contributed by atoms with E-state index in [1.54, 1.807) is 0 Å². The molecule has 0 radical (unpaired) electrons. The van der Waals surface area contributed by atoms with Gasteiger partial charge >= 0.3 is 0 Å². The minimum atomic E-state index is -4.23. The van der Waals surface area contributed by atoms with Gasteiger partial charge in [-0.05, 0) is 6.07 Å². The van der Waals surface area contributed by atoms with E-state index >= 15 is 0 Å². The van der Waals surface area contributed by atoms with Crippen molar-refractivity contribution in [1.29, 1.82) is 0 Å². The highest BCUT2D eigenvalue weighted by Gasteiger charge is 2.29. The molecule has 0 fully saturated rings. The van der Waals surface area contributed by atoms with E-state index in [0.717, 1.165) is 10.8 Å². The molecule has 2 aromatic heterocycles. The number of hydrogen-bond acceptors (Lipinski definition) is 6. The highest BCUT2D eigenvalue weighted by Crippen LogP contribution is 2.22. The Bertz CT molecular complexity index is 790. The maximum absolute atomic E-state index is 11.6. The van der Waals surface area contributed by atoms with E-state index in [4.69, 9.17) is 5.14 Å². The second kappa shape index (κ2) is 3.48. The smallest absolute Gasteiger partial charge is 0.236 e. The number of fused-ring (bicyclic) bond motifs is 1. The van der Waals surface area contributed by atoms with E-state index in [9.17, 15) is 16.8 Å². The first-order valence-corrected chi connectivity index (χ1v) is 7.71. The van der Waals surface area contributed by atoms with Gasteiger partial charge in [0.25, 0.3) is 10.0 Å². The molecule has 0 saturated carbocycles. The van der Waals surface area contributed by atoms with Crippen LogP contribution in [-0.2, 0) is 19.9 Å².